The quantitative estimate of drug-likeness (QED) is 0.202. The van der Waals surface area contributed by atoms with Crippen molar-refractivity contribution in [3.63, 3.8) is 0 Å². The summed E-state index contributed by atoms with van der Waals surface area (Å²) >= 11 is 5.84. The van der Waals surface area contributed by atoms with E-state index < -0.39 is 29.6 Å². The lowest BCUT2D eigenvalue weighted by atomic mass is 9.90. The van der Waals surface area contributed by atoms with Crippen molar-refractivity contribution in [3.05, 3.63) is 135 Å². The van der Waals surface area contributed by atoms with Gasteiger partial charge in [-0.3, -0.25) is 19.0 Å². The number of carbonyl (C=O) groups excluding carboxylic acids is 2. The van der Waals surface area contributed by atoms with Crippen molar-refractivity contribution in [3.8, 4) is 5.69 Å². The van der Waals surface area contributed by atoms with Crippen LogP contribution in [-0.4, -0.2) is 38.9 Å². The average molecular weight is 632 g/mol. The maximum absolute atomic E-state index is 14.4. The van der Waals surface area contributed by atoms with Gasteiger partial charge in [0.2, 0.25) is 0 Å². The summed E-state index contributed by atoms with van der Waals surface area (Å²) in [6.45, 7) is 4.07. The van der Waals surface area contributed by atoms with Gasteiger partial charge in [-0.2, -0.15) is 0 Å². The summed E-state index contributed by atoms with van der Waals surface area (Å²) in [6.07, 6.45) is 3.06. The van der Waals surface area contributed by atoms with Crippen LogP contribution in [0.15, 0.2) is 102 Å². The van der Waals surface area contributed by atoms with Crippen molar-refractivity contribution in [2.24, 2.45) is 5.73 Å². The van der Waals surface area contributed by atoms with Crippen LogP contribution in [0.5, 0.6) is 0 Å². The Morgan fingerprint density at radius 1 is 1.00 bits per heavy atom. The Balaban J connectivity index is 0.00000226. The van der Waals surface area contributed by atoms with Crippen LogP contribution < -0.4 is 21.9 Å². The molecule has 10 nitrogen and oxygen atoms in total. The molecule has 0 saturated heterocycles. The first-order valence-electron chi connectivity index (χ1n) is 14.1. The highest BCUT2D eigenvalue weighted by Gasteiger charge is 2.38. The summed E-state index contributed by atoms with van der Waals surface area (Å²) in [5.74, 6) is -3.11. The summed E-state index contributed by atoms with van der Waals surface area (Å²) in [6, 6.07) is 18.6. The van der Waals surface area contributed by atoms with Crippen LogP contribution in [-0.2, 0) is 16.0 Å². The number of halogens is 2. The first kappa shape index (κ1) is 32.5. The van der Waals surface area contributed by atoms with E-state index in [0.717, 1.165) is 6.20 Å². The normalized spacial score (nSPS) is 14.0. The van der Waals surface area contributed by atoms with Crippen molar-refractivity contribution >= 4 is 40.8 Å². The number of hydrogen-bond donors (Lipinski definition) is 4. The number of nitrogens with one attached hydrogen (secondary N) is 2. The fourth-order valence-corrected chi connectivity index (χ4v) is 5.08. The summed E-state index contributed by atoms with van der Waals surface area (Å²) in [5, 5.41) is 14.5. The van der Waals surface area contributed by atoms with Crippen molar-refractivity contribution < 1.29 is 23.9 Å². The van der Waals surface area contributed by atoms with Gasteiger partial charge in [0.1, 0.15) is 11.7 Å². The Bertz CT molecular complexity index is 1820. The minimum absolute atomic E-state index is 0.00397. The topological polar surface area (TPSA) is 147 Å². The maximum Gasteiger partial charge on any atom is 0.335 e. The number of nitrogens with two attached hydrogens (primary N) is 1. The minimum atomic E-state index is -1.18. The van der Waals surface area contributed by atoms with E-state index in [1.165, 1.54) is 58.0 Å². The molecule has 0 spiro atoms. The molecule has 12 heteroatoms. The number of anilines is 2. The monoisotopic (exact) mass is 631 g/mol. The Labute approximate surface area is 263 Å². The number of fused-ring (bicyclic) bond motifs is 1. The highest BCUT2D eigenvalue weighted by atomic mass is 35.5. The number of rotatable bonds is 7. The minimum Gasteiger partial charge on any atom is -0.478 e. The molecule has 1 aliphatic rings. The third kappa shape index (κ3) is 7.05. The van der Waals surface area contributed by atoms with Crippen LogP contribution in [0.2, 0.25) is 5.02 Å². The third-order valence-electron chi connectivity index (χ3n) is 6.97. The summed E-state index contributed by atoms with van der Waals surface area (Å²) < 4.78 is 15.8. The molecule has 45 heavy (non-hydrogen) atoms. The van der Waals surface area contributed by atoms with Crippen LogP contribution in [0, 0.1) is 5.82 Å². The molecule has 1 unspecified atom stereocenters. The molecule has 0 bridgehead atoms. The van der Waals surface area contributed by atoms with E-state index in [-0.39, 0.29) is 34.1 Å². The van der Waals surface area contributed by atoms with Gasteiger partial charge in [-0.05, 0) is 66.1 Å². The van der Waals surface area contributed by atoms with E-state index in [1.54, 1.807) is 36.5 Å². The molecule has 1 aromatic heterocycles. The fourth-order valence-electron chi connectivity index (χ4n) is 4.91. The largest absolute Gasteiger partial charge is 0.478 e. The molecule has 0 saturated carbocycles. The number of aromatic carboxylic acids is 1. The summed E-state index contributed by atoms with van der Waals surface area (Å²) in [4.78, 5) is 52.7. The smallest absolute Gasteiger partial charge is 0.335 e. The number of aromatic nitrogens is 1. The van der Waals surface area contributed by atoms with E-state index in [2.05, 4.69) is 10.6 Å². The van der Waals surface area contributed by atoms with E-state index >= 15 is 0 Å². The lowest BCUT2D eigenvalue weighted by Gasteiger charge is -2.37. The lowest BCUT2D eigenvalue weighted by Crippen LogP contribution is -2.47. The molecule has 0 fully saturated rings. The molecular weight excluding hydrogens is 601 g/mol. The molecule has 0 aliphatic carbocycles. The highest BCUT2D eigenvalue weighted by molar-refractivity contribution is 6.31. The molecule has 3 aromatic carbocycles. The number of hydrogen-bond acceptors (Lipinski definition) is 6. The van der Waals surface area contributed by atoms with Gasteiger partial charge < -0.3 is 26.4 Å². The molecule has 2 heterocycles. The van der Waals surface area contributed by atoms with Gasteiger partial charge in [-0.1, -0.05) is 49.7 Å². The SMILES string of the molecule is CC.N/C(=C\Nc1cccc(Cl)c1F)C(=O)N1CCc2c(cccc2-n2ccccc2=O)C1C(=O)Nc1ccc(C(=O)O)cc1. The zero-order chi connectivity index (χ0) is 32.7. The number of carboxylic acids is 1. The Morgan fingerprint density at radius 2 is 1.71 bits per heavy atom. The predicted octanol–water partition coefficient (Wildman–Crippen LogP) is 5.33. The first-order valence-corrected chi connectivity index (χ1v) is 14.4. The second-order valence-corrected chi connectivity index (χ2v) is 10.0. The Hall–Kier alpha value is -5.42. The average Bonchev–Trinajstić information content (AvgIpc) is 3.05. The van der Waals surface area contributed by atoms with Crippen molar-refractivity contribution in [1.29, 1.82) is 0 Å². The van der Waals surface area contributed by atoms with E-state index in [9.17, 15) is 28.7 Å². The Morgan fingerprint density at radius 3 is 2.40 bits per heavy atom. The molecule has 232 valence electrons. The predicted molar refractivity (Wildman–Crippen MR) is 171 cm³/mol. The van der Waals surface area contributed by atoms with Gasteiger partial charge in [-0.25, -0.2) is 9.18 Å². The number of carbonyl (C=O) groups is 3. The maximum atomic E-state index is 14.4. The van der Waals surface area contributed by atoms with Gasteiger partial charge in [0.15, 0.2) is 5.82 Å². The fraction of sp³-hybridized carbons (Fsp3) is 0.152. The molecule has 1 atom stereocenters. The zero-order valence-electron chi connectivity index (χ0n) is 24.5. The zero-order valence-corrected chi connectivity index (χ0v) is 25.2. The Kier molecular flexibility index (Phi) is 10.4. The number of benzene rings is 3. The summed E-state index contributed by atoms with van der Waals surface area (Å²) in [5.41, 5.74) is 7.67. The van der Waals surface area contributed by atoms with Gasteiger partial charge >= 0.3 is 5.97 Å². The van der Waals surface area contributed by atoms with Gasteiger partial charge in [0, 0.05) is 30.7 Å². The number of pyridine rings is 1. The molecule has 2 amide bonds. The molecule has 0 radical (unpaired) electrons. The van der Waals surface area contributed by atoms with Crippen molar-refractivity contribution in [2.45, 2.75) is 26.3 Å². The van der Waals surface area contributed by atoms with Gasteiger partial charge in [-0.15, -0.1) is 0 Å². The number of amides is 2. The second kappa shape index (κ2) is 14.4. The van der Waals surface area contributed by atoms with Crippen molar-refractivity contribution in [1.82, 2.24) is 9.47 Å². The lowest BCUT2D eigenvalue weighted by molar-refractivity contribution is -0.136. The first-order chi connectivity index (χ1) is 21.7. The van der Waals surface area contributed by atoms with Crippen molar-refractivity contribution in [2.75, 3.05) is 17.2 Å². The number of nitrogens with zero attached hydrogens (tertiary/aromatic N) is 2. The third-order valence-corrected chi connectivity index (χ3v) is 7.26. The summed E-state index contributed by atoms with van der Waals surface area (Å²) in [7, 11) is 0. The van der Waals surface area contributed by atoms with Crippen LogP contribution in [0.4, 0.5) is 15.8 Å². The van der Waals surface area contributed by atoms with Crippen LogP contribution in [0.25, 0.3) is 5.69 Å². The van der Waals surface area contributed by atoms with E-state index in [0.29, 0.717) is 28.9 Å². The van der Waals surface area contributed by atoms with Gasteiger partial charge in [0.05, 0.1) is 22.0 Å². The standard InChI is InChI=1S/C31H25ClFN5O5.C2H6/c32-22-6-4-7-24(27(22)33)35-17-23(34)30(41)38-16-14-20-21(5-3-8-25(20)37-15-2-1-9-26(37)39)28(38)29(40)36-19-12-10-18(11-13-19)31(42)43;1-2/h1-13,15,17,28,35H,14,16,34H2,(H,36,40)(H,42,43);1-2H3/b23-17-;. The van der Waals surface area contributed by atoms with Crippen LogP contribution in [0.1, 0.15) is 41.4 Å². The molecule has 4 aromatic rings. The molecular formula is C33H31ClFN5O5. The number of carboxylic acid groups (broad SMARTS) is 1. The second-order valence-electron chi connectivity index (χ2n) is 9.62. The van der Waals surface area contributed by atoms with Crippen LogP contribution in [0.3, 0.4) is 0 Å². The van der Waals surface area contributed by atoms with Gasteiger partial charge in [0.25, 0.3) is 17.4 Å². The molecule has 5 rings (SSSR count). The highest BCUT2D eigenvalue weighted by Crippen LogP contribution is 2.35. The molecule has 5 N–H and O–H groups in total. The van der Waals surface area contributed by atoms with E-state index in [4.69, 9.17) is 17.3 Å². The van der Waals surface area contributed by atoms with E-state index in [1.807, 2.05) is 13.8 Å². The van der Waals surface area contributed by atoms with Crippen LogP contribution >= 0.6 is 11.6 Å². The molecule has 1 aliphatic heterocycles.